The Morgan fingerprint density at radius 3 is 1.90 bits per heavy atom. The first kappa shape index (κ1) is 8.71. The van der Waals surface area contributed by atoms with Gasteiger partial charge in [0.2, 0.25) is 0 Å². The number of ether oxygens (including phenoxy) is 2. The molecule has 1 saturated heterocycles. The highest BCUT2D eigenvalue weighted by atomic mass is 32.2. The van der Waals surface area contributed by atoms with E-state index in [4.69, 9.17) is 9.47 Å². The molecule has 0 amide bonds. The van der Waals surface area contributed by atoms with E-state index in [9.17, 15) is 0 Å². The molecule has 10 heavy (non-hydrogen) atoms. The molecule has 1 heterocycles. The van der Waals surface area contributed by atoms with Crippen molar-refractivity contribution in [1.82, 2.24) is 0 Å². The quantitative estimate of drug-likeness (QED) is 0.436. The summed E-state index contributed by atoms with van der Waals surface area (Å²) >= 11 is 8.11. The topological polar surface area (TPSA) is 18.5 Å². The van der Waals surface area contributed by atoms with Crippen molar-refractivity contribution in [2.24, 2.45) is 0 Å². The van der Waals surface area contributed by atoms with Crippen LogP contribution in [-0.2, 0) is 9.47 Å². The van der Waals surface area contributed by atoms with Crippen LogP contribution in [0.15, 0.2) is 0 Å². The van der Waals surface area contributed by atoms with E-state index in [1.807, 2.05) is 0 Å². The minimum atomic E-state index is -0.958. The Bertz CT molecular complexity index is 95.9. The summed E-state index contributed by atoms with van der Waals surface area (Å²) < 4.78 is 9.39. The molecule has 0 bridgehead atoms. The first-order valence-corrected chi connectivity index (χ1v) is 4.33. The van der Waals surface area contributed by atoms with Crippen LogP contribution in [0.5, 0.6) is 0 Å². The summed E-state index contributed by atoms with van der Waals surface area (Å²) in [7, 11) is 0. The molecule has 0 aromatic rings. The Kier molecular flexibility index (Phi) is 3.36. The Balaban J connectivity index is 2.30. The molecule has 0 N–H and O–H groups in total. The van der Waals surface area contributed by atoms with E-state index in [-0.39, 0.29) is 0 Å². The highest BCUT2D eigenvalue weighted by molar-refractivity contribution is 8.00. The summed E-state index contributed by atoms with van der Waals surface area (Å²) in [6, 6.07) is 0. The largest absolute Gasteiger partial charge is 0.333 e. The zero-order valence-electron chi connectivity index (χ0n) is 5.75. The zero-order chi connectivity index (χ0) is 7.45. The van der Waals surface area contributed by atoms with Crippen molar-refractivity contribution in [2.45, 2.75) is 23.7 Å². The second-order valence-corrected chi connectivity index (χ2v) is 3.84. The summed E-state index contributed by atoms with van der Waals surface area (Å²) in [5, 5.41) is 0. The fourth-order valence-corrected chi connectivity index (χ4v) is 1.20. The maximum absolute atomic E-state index is 5.18. The van der Waals surface area contributed by atoms with E-state index in [0.29, 0.717) is 13.2 Å². The normalized spacial score (nSPS) is 27.0. The van der Waals surface area contributed by atoms with Crippen LogP contribution in [-0.4, -0.2) is 17.7 Å². The van der Waals surface area contributed by atoms with Crippen LogP contribution in [0, 0.1) is 0 Å². The van der Waals surface area contributed by atoms with Gasteiger partial charge in [-0.25, -0.2) is 0 Å². The van der Waals surface area contributed by atoms with Gasteiger partial charge in [0.15, 0.2) is 0 Å². The summed E-state index contributed by atoms with van der Waals surface area (Å²) in [6.07, 6.45) is 3.32. The molecule has 2 nitrogen and oxygen atoms in total. The van der Waals surface area contributed by atoms with Crippen molar-refractivity contribution < 1.29 is 9.47 Å². The van der Waals surface area contributed by atoms with Gasteiger partial charge in [-0.3, -0.25) is 0 Å². The molecule has 0 aromatic carbocycles. The van der Waals surface area contributed by atoms with E-state index in [2.05, 4.69) is 25.3 Å². The molecule has 1 fully saturated rings. The van der Waals surface area contributed by atoms with Crippen LogP contribution >= 0.6 is 25.3 Å². The van der Waals surface area contributed by atoms with Crippen molar-refractivity contribution in [1.29, 1.82) is 0 Å². The van der Waals surface area contributed by atoms with Gasteiger partial charge in [-0.05, 0) is 19.3 Å². The van der Waals surface area contributed by atoms with Gasteiger partial charge in [0, 0.05) is 0 Å². The second kappa shape index (κ2) is 3.85. The Hall–Kier alpha value is 0.620. The maximum atomic E-state index is 5.18. The molecule has 0 spiro atoms. The Morgan fingerprint density at radius 2 is 1.40 bits per heavy atom. The standard InChI is InChI=1S/C6H12O2S2/c9-6(10)7-4-2-1-3-5-8-6/h9-10H,1-5H2. The summed E-state index contributed by atoms with van der Waals surface area (Å²) in [4.78, 5) is 0. The van der Waals surface area contributed by atoms with E-state index in [1.165, 1.54) is 0 Å². The van der Waals surface area contributed by atoms with Crippen LogP contribution in [0.3, 0.4) is 0 Å². The second-order valence-electron chi connectivity index (χ2n) is 2.31. The third-order valence-corrected chi connectivity index (χ3v) is 1.89. The predicted molar refractivity (Wildman–Crippen MR) is 46.5 cm³/mol. The first-order chi connectivity index (χ1) is 4.71. The number of hydrogen-bond donors (Lipinski definition) is 2. The number of hydrogen-bond acceptors (Lipinski definition) is 4. The van der Waals surface area contributed by atoms with Crippen molar-refractivity contribution in [3.05, 3.63) is 0 Å². The molecule has 0 aliphatic carbocycles. The average molecular weight is 180 g/mol. The average Bonchev–Trinajstić information content (AvgIpc) is 1.81. The SMILES string of the molecule is SC1(S)OCCCCCO1. The molecule has 1 aliphatic rings. The van der Waals surface area contributed by atoms with Crippen LogP contribution in [0.1, 0.15) is 19.3 Å². The summed E-state index contributed by atoms with van der Waals surface area (Å²) in [6.45, 7) is 1.38. The number of rotatable bonds is 0. The molecule has 1 rings (SSSR count). The van der Waals surface area contributed by atoms with Crippen molar-refractivity contribution in [2.75, 3.05) is 13.2 Å². The van der Waals surface area contributed by atoms with Gasteiger partial charge in [0.25, 0.3) is 4.45 Å². The highest BCUT2D eigenvalue weighted by Crippen LogP contribution is 2.25. The van der Waals surface area contributed by atoms with E-state index in [0.717, 1.165) is 19.3 Å². The molecule has 1 aliphatic heterocycles. The van der Waals surface area contributed by atoms with Gasteiger partial charge in [0.05, 0.1) is 13.2 Å². The van der Waals surface area contributed by atoms with Gasteiger partial charge in [0.1, 0.15) is 0 Å². The molecule has 0 aromatic heterocycles. The predicted octanol–water partition coefficient (Wildman–Crippen LogP) is 1.67. The zero-order valence-corrected chi connectivity index (χ0v) is 7.54. The molecule has 4 heteroatoms. The lowest BCUT2D eigenvalue weighted by Gasteiger charge is -2.25. The van der Waals surface area contributed by atoms with E-state index < -0.39 is 4.45 Å². The lowest BCUT2D eigenvalue weighted by atomic mass is 10.2. The molecular formula is C6H12O2S2. The maximum Gasteiger partial charge on any atom is 0.263 e. The van der Waals surface area contributed by atoms with Crippen LogP contribution in [0.2, 0.25) is 0 Å². The van der Waals surface area contributed by atoms with Gasteiger partial charge in [-0.1, -0.05) is 0 Å². The third kappa shape index (κ3) is 3.14. The van der Waals surface area contributed by atoms with Gasteiger partial charge < -0.3 is 9.47 Å². The van der Waals surface area contributed by atoms with Crippen molar-refractivity contribution in [3.63, 3.8) is 0 Å². The fourth-order valence-electron chi connectivity index (χ4n) is 0.833. The van der Waals surface area contributed by atoms with Gasteiger partial charge in [-0.2, -0.15) is 0 Å². The number of thiol groups is 2. The third-order valence-electron chi connectivity index (χ3n) is 1.37. The molecule has 0 unspecified atom stereocenters. The minimum Gasteiger partial charge on any atom is -0.333 e. The summed E-state index contributed by atoms with van der Waals surface area (Å²) in [5.41, 5.74) is 0. The Morgan fingerprint density at radius 1 is 0.900 bits per heavy atom. The first-order valence-electron chi connectivity index (χ1n) is 3.43. The van der Waals surface area contributed by atoms with Crippen molar-refractivity contribution in [3.8, 4) is 0 Å². The smallest absolute Gasteiger partial charge is 0.263 e. The van der Waals surface area contributed by atoms with E-state index >= 15 is 0 Å². The lowest BCUT2D eigenvalue weighted by Crippen LogP contribution is -2.25. The monoisotopic (exact) mass is 180 g/mol. The van der Waals surface area contributed by atoms with E-state index in [1.54, 1.807) is 0 Å². The van der Waals surface area contributed by atoms with Crippen LogP contribution < -0.4 is 0 Å². The van der Waals surface area contributed by atoms with Crippen LogP contribution in [0.4, 0.5) is 0 Å². The lowest BCUT2D eigenvalue weighted by molar-refractivity contribution is -0.116. The summed E-state index contributed by atoms with van der Waals surface area (Å²) in [5.74, 6) is 0. The van der Waals surface area contributed by atoms with Gasteiger partial charge in [-0.15, -0.1) is 25.3 Å². The molecule has 0 saturated carbocycles. The molecule has 0 radical (unpaired) electrons. The molecular weight excluding hydrogens is 168 g/mol. The molecule has 0 atom stereocenters. The minimum absolute atomic E-state index is 0.688. The highest BCUT2D eigenvalue weighted by Gasteiger charge is 2.22. The Labute approximate surface area is 72.1 Å². The fraction of sp³-hybridized carbons (Fsp3) is 1.00. The van der Waals surface area contributed by atoms with Gasteiger partial charge >= 0.3 is 0 Å². The van der Waals surface area contributed by atoms with Crippen molar-refractivity contribution >= 4 is 25.3 Å². The molecule has 60 valence electrons. The van der Waals surface area contributed by atoms with Crippen LogP contribution in [0.25, 0.3) is 0 Å².